The van der Waals surface area contributed by atoms with Crippen LogP contribution in [-0.4, -0.2) is 59.7 Å². The van der Waals surface area contributed by atoms with Gasteiger partial charge in [0.2, 0.25) is 10.0 Å². The number of halogens is 2. The molecule has 2 N–H and O–H groups in total. The van der Waals surface area contributed by atoms with Gasteiger partial charge in [-0.15, -0.1) is 10.2 Å². The average molecular weight is 510 g/mol. The molecule has 6 rings (SSSR count). The number of imidazole rings is 1. The van der Waals surface area contributed by atoms with E-state index in [1.807, 2.05) is 6.92 Å². The van der Waals surface area contributed by atoms with E-state index in [1.54, 1.807) is 16.7 Å². The Bertz CT molecular complexity index is 1350. The number of alkyl halides is 2. The highest BCUT2D eigenvalue weighted by Crippen LogP contribution is 2.38. The summed E-state index contributed by atoms with van der Waals surface area (Å²) in [7, 11) is -3.80. The van der Waals surface area contributed by atoms with Crippen molar-refractivity contribution in [2.45, 2.75) is 43.0 Å². The Morgan fingerprint density at radius 1 is 1.26 bits per heavy atom. The summed E-state index contributed by atoms with van der Waals surface area (Å²) in [4.78, 5) is 6.78. The molecule has 182 valence electrons. The first-order chi connectivity index (χ1) is 16.2. The molecule has 0 radical (unpaired) electrons. The number of fused-ring (bicyclic) bond motifs is 2. The van der Waals surface area contributed by atoms with Crippen molar-refractivity contribution in [1.29, 1.82) is 0 Å². The van der Waals surface area contributed by atoms with E-state index >= 15 is 0 Å². The Balaban J connectivity index is 1.47. The second kappa shape index (κ2) is 7.90. The summed E-state index contributed by atoms with van der Waals surface area (Å²) < 4.78 is 57.3. The first kappa shape index (κ1) is 22.3. The molecule has 2 aliphatic heterocycles. The van der Waals surface area contributed by atoms with Gasteiger partial charge in [0, 0.05) is 24.8 Å². The van der Waals surface area contributed by atoms with E-state index in [9.17, 15) is 17.2 Å². The number of sulfonamides is 1. The Kier molecular flexibility index (Phi) is 5.17. The van der Waals surface area contributed by atoms with Gasteiger partial charge < -0.3 is 10.2 Å². The number of rotatable bonds is 6. The predicted octanol–water partition coefficient (Wildman–Crippen LogP) is 2.67. The number of nitrogens with one attached hydrogen (secondary N) is 2. The zero-order chi connectivity index (χ0) is 23.7. The van der Waals surface area contributed by atoms with Gasteiger partial charge in [-0.1, -0.05) is 11.3 Å². The summed E-state index contributed by atoms with van der Waals surface area (Å²) in [6.45, 7) is 5.47. The SMILES string of the molecule is CC1(NS(=O)(=O)c2cc(N3CC[C@H]4CNC[C@H]4C3)c3cnc(-c4nnc(C(F)F)s4)n3c2)CC1. The normalized spacial score (nSPS) is 24.2. The van der Waals surface area contributed by atoms with Crippen LogP contribution in [0.25, 0.3) is 16.3 Å². The van der Waals surface area contributed by atoms with E-state index in [0.29, 0.717) is 23.2 Å². The smallest absolute Gasteiger partial charge is 0.291 e. The van der Waals surface area contributed by atoms with Crippen LogP contribution in [0.5, 0.6) is 0 Å². The lowest BCUT2D eigenvalue weighted by Crippen LogP contribution is -2.40. The number of pyridine rings is 1. The van der Waals surface area contributed by atoms with E-state index in [-0.39, 0.29) is 9.90 Å². The molecule has 0 spiro atoms. The van der Waals surface area contributed by atoms with Crippen LogP contribution in [0.3, 0.4) is 0 Å². The lowest BCUT2D eigenvalue weighted by Gasteiger charge is -2.36. The van der Waals surface area contributed by atoms with Crippen LogP contribution < -0.4 is 14.9 Å². The van der Waals surface area contributed by atoms with Crippen molar-refractivity contribution >= 4 is 32.6 Å². The molecule has 2 saturated heterocycles. The van der Waals surface area contributed by atoms with Gasteiger partial charge in [0.05, 0.1) is 17.4 Å². The van der Waals surface area contributed by atoms with Gasteiger partial charge in [-0.3, -0.25) is 4.40 Å². The quantitative estimate of drug-likeness (QED) is 0.527. The summed E-state index contributed by atoms with van der Waals surface area (Å²) in [5.41, 5.74) is 1.06. The molecule has 5 heterocycles. The van der Waals surface area contributed by atoms with Crippen molar-refractivity contribution in [2.75, 3.05) is 31.1 Å². The van der Waals surface area contributed by atoms with Crippen LogP contribution in [0, 0.1) is 11.8 Å². The van der Waals surface area contributed by atoms with Crippen molar-refractivity contribution in [2.24, 2.45) is 11.8 Å². The maximum Gasteiger partial charge on any atom is 0.291 e. The molecule has 13 heteroatoms. The lowest BCUT2D eigenvalue weighted by atomic mass is 9.88. The summed E-state index contributed by atoms with van der Waals surface area (Å²) in [5, 5.41) is 10.7. The molecule has 0 unspecified atom stereocenters. The standard InChI is InChI=1S/C21H25F2N7O2S2/c1-21(3-4-21)28-34(31,32)14-6-15(29-5-2-12-7-24-8-13(12)10-29)16-9-25-18(30(16)11-14)20-27-26-19(33-20)17(22)23/h6,9,11-13,17,24,28H,2-5,7-8,10H2,1H3/t12-,13-/m0/s1. The summed E-state index contributed by atoms with van der Waals surface area (Å²) in [5.74, 6) is 1.43. The molecule has 0 bridgehead atoms. The third-order valence-electron chi connectivity index (χ3n) is 7.15. The van der Waals surface area contributed by atoms with Crippen molar-refractivity contribution in [3.63, 3.8) is 0 Å². The van der Waals surface area contributed by atoms with Crippen LogP contribution in [0.4, 0.5) is 14.5 Å². The number of piperidine rings is 1. The molecule has 3 aromatic rings. The lowest BCUT2D eigenvalue weighted by molar-refractivity contribution is 0.150. The van der Waals surface area contributed by atoms with E-state index in [1.165, 1.54) is 6.20 Å². The molecule has 3 fully saturated rings. The maximum absolute atomic E-state index is 13.3. The predicted molar refractivity (Wildman–Crippen MR) is 124 cm³/mol. The van der Waals surface area contributed by atoms with Crippen LogP contribution in [0.2, 0.25) is 0 Å². The van der Waals surface area contributed by atoms with Crippen molar-refractivity contribution in [3.05, 3.63) is 23.5 Å². The van der Waals surface area contributed by atoms with Crippen LogP contribution in [0.15, 0.2) is 23.4 Å². The van der Waals surface area contributed by atoms with E-state index in [4.69, 9.17) is 0 Å². The van der Waals surface area contributed by atoms with Crippen molar-refractivity contribution in [1.82, 2.24) is 29.6 Å². The summed E-state index contributed by atoms with van der Waals surface area (Å²) in [6, 6.07) is 1.71. The second-order valence-electron chi connectivity index (χ2n) is 9.72. The molecular weight excluding hydrogens is 484 g/mol. The van der Waals surface area contributed by atoms with Crippen LogP contribution >= 0.6 is 11.3 Å². The Morgan fingerprint density at radius 2 is 2.06 bits per heavy atom. The molecule has 9 nitrogen and oxygen atoms in total. The minimum atomic E-state index is -3.80. The highest BCUT2D eigenvalue weighted by Gasteiger charge is 2.42. The largest absolute Gasteiger partial charge is 0.369 e. The Hall–Kier alpha value is -2.22. The van der Waals surface area contributed by atoms with E-state index in [2.05, 4.69) is 30.1 Å². The van der Waals surface area contributed by atoms with Crippen molar-refractivity contribution < 1.29 is 17.2 Å². The van der Waals surface area contributed by atoms with E-state index in [0.717, 1.165) is 62.5 Å². The molecule has 3 aliphatic rings. The number of hydrogen-bond acceptors (Lipinski definition) is 8. The topological polar surface area (TPSA) is 105 Å². The molecule has 34 heavy (non-hydrogen) atoms. The minimum absolute atomic E-state index is 0.118. The molecule has 1 saturated carbocycles. The van der Waals surface area contributed by atoms with Crippen molar-refractivity contribution in [3.8, 4) is 10.8 Å². The van der Waals surface area contributed by atoms with Crippen LogP contribution in [-0.2, 0) is 10.0 Å². The van der Waals surface area contributed by atoms with Gasteiger partial charge >= 0.3 is 0 Å². The molecular formula is C21H25F2N7O2S2. The zero-order valence-corrected chi connectivity index (χ0v) is 20.2. The number of nitrogens with zero attached hydrogens (tertiary/aromatic N) is 5. The fourth-order valence-electron chi connectivity index (χ4n) is 4.95. The third-order valence-corrected chi connectivity index (χ3v) is 9.68. The molecule has 0 aromatic carbocycles. The van der Waals surface area contributed by atoms with Gasteiger partial charge in [-0.25, -0.2) is 26.9 Å². The summed E-state index contributed by atoms with van der Waals surface area (Å²) >= 11 is 0.758. The zero-order valence-electron chi connectivity index (χ0n) is 18.5. The monoisotopic (exact) mass is 509 g/mol. The number of anilines is 1. The first-order valence-corrected chi connectivity index (χ1v) is 13.7. The van der Waals surface area contributed by atoms with Gasteiger partial charge in [-0.2, -0.15) is 0 Å². The molecule has 1 aliphatic carbocycles. The second-order valence-corrected chi connectivity index (χ2v) is 12.4. The molecule has 3 aromatic heterocycles. The van der Waals surface area contributed by atoms with Gasteiger partial charge in [0.1, 0.15) is 4.90 Å². The molecule has 0 amide bonds. The third kappa shape index (κ3) is 3.88. The molecule has 2 atom stereocenters. The minimum Gasteiger partial charge on any atom is -0.369 e. The summed E-state index contributed by atoms with van der Waals surface area (Å²) in [6.07, 6.45) is 3.03. The first-order valence-electron chi connectivity index (χ1n) is 11.4. The Morgan fingerprint density at radius 3 is 2.79 bits per heavy atom. The van der Waals surface area contributed by atoms with Gasteiger partial charge in [0.25, 0.3) is 6.43 Å². The number of hydrogen-bond donors (Lipinski definition) is 2. The van der Waals surface area contributed by atoms with Gasteiger partial charge in [-0.05, 0) is 57.2 Å². The fourth-order valence-corrected chi connectivity index (χ4v) is 7.13. The van der Waals surface area contributed by atoms with Crippen LogP contribution in [0.1, 0.15) is 37.6 Å². The number of aromatic nitrogens is 4. The average Bonchev–Trinajstić information content (AvgIpc) is 3.25. The van der Waals surface area contributed by atoms with E-state index < -0.39 is 27.0 Å². The Labute approximate surface area is 199 Å². The highest BCUT2D eigenvalue weighted by atomic mass is 32.2. The fraction of sp³-hybridized carbons (Fsp3) is 0.571. The maximum atomic E-state index is 13.3. The van der Waals surface area contributed by atoms with Gasteiger partial charge in [0.15, 0.2) is 15.8 Å². The highest BCUT2D eigenvalue weighted by molar-refractivity contribution is 7.89.